The molecule has 0 aliphatic carbocycles. The summed E-state index contributed by atoms with van der Waals surface area (Å²) in [7, 11) is 0. The molecule has 0 radical (unpaired) electrons. The maximum Gasteiger partial charge on any atom is 0.260 e. The van der Waals surface area contributed by atoms with E-state index in [2.05, 4.69) is 163 Å². The fourth-order valence-corrected chi connectivity index (χ4v) is 8.33. The van der Waals surface area contributed by atoms with E-state index in [1.54, 1.807) is 0 Å². The zero-order valence-corrected chi connectivity index (χ0v) is 29.5. The number of rotatable bonds is 5. The normalized spacial score (nSPS) is 12.4. The first-order chi connectivity index (χ1) is 26.7. The lowest BCUT2D eigenvalue weighted by molar-refractivity contribution is 0.465. The first kappa shape index (κ1) is 30.6. The third-order valence-electron chi connectivity index (χ3n) is 10.8. The molecule has 54 heavy (non-hydrogen) atoms. The molecule has 3 heterocycles. The molecule has 9 aromatic rings. The number of furan rings is 1. The van der Waals surface area contributed by atoms with Crippen LogP contribution < -0.4 is 30.8 Å². The average Bonchev–Trinajstić information content (AvgIpc) is 3.61. The van der Waals surface area contributed by atoms with Gasteiger partial charge in [0.15, 0.2) is 5.58 Å². The topological polar surface area (TPSA) is 34.8 Å². The van der Waals surface area contributed by atoms with E-state index in [1.807, 2.05) is 24.3 Å². The summed E-state index contributed by atoms with van der Waals surface area (Å²) in [5, 5.41) is 2.16. The summed E-state index contributed by atoms with van der Waals surface area (Å²) >= 11 is 0. The molecular formula is C49H32BNO3. The molecule has 4 nitrogen and oxygen atoms in total. The van der Waals surface area contributed by atoms with Crippen molar-refractivity contribution < 1.29 is 13.9 Å². The molecule has 0 fully saturated rings. The van der Waals surface area contributed by atoms with Gasteiger partial charge in [-0.25, -0.2) is 0 Å². The maximum absolute atomic E-state index is 6.99. The summed E-state index contributed by atoms with van der Waals surface area (Å²) < 4.78 is 20.6. The van der Waals surface area contributed by atoms with Gasteiger partial charge in [-0.1, -0.05) is 127 Å². The lowest BCUT2D eigenvalue weighted by atomic mass is 9.34. The minimum atomic E-state index is -0.0718. The van der Waals surface area contributed by atoms with Crippen molar-refractivity contribution in [2.24, 2.45) is 0 Å². The Morgan fingerprint density at radius 2 is 1.04 bits per heavy atom. The van der Waals surface area contributed by atoms with Crippen molar-refractivity contribution in [3.05, 3.63) is 181 Å². The van der Waals surface area contributed by atoms with Gasteiger partial charge >= 0.3 is 0 Å². The molecule has 0 unspecified atom stereocenters. The van der Waals surface area contributed by atoms with Crippen molar-refractivity contribution >= 4 is 62.1 Å². The standard InChI is InChI=1S/C49H32BNO3/c1-31-12-10-17-36(26-31)51(42-20-11-19-39-38-18-8-9-21-43(38)54-49(39)42)37-29-46-48-47(30-37)53-45-28-35(33-15-6-3-7-16-33)23-25-41(45)50(48)40-24-22-34(27-44(40)52-46)32-13-4-2-5-14-32/h2-30H,1H3. The second kappa shape index (κ2) is 12.0. The lowest BCUT2D eigenvalue weighted by Gasteiger charge is -2.35. The molecule has 254 valence electrons. The fraction of sp³-hybridized carbons (Fsp3) is 0.0204. The Balaban J connectivity index is 1.15. The van der Waals surface area contributed by atoms with Gasteiger partial charge in [-0.05, 0) is 82.1 Å². The van der Waals surface area contributed by atoms with Gasteiger partial charge in [0.25, 0.3) is 6.71 Å². The van der Waals surface area contributed by atoms with Crippen molar-refractivity contribution in [1.82, 2.24) is 0 Å². The van der Waals surface area contributed by atoms with Crippen LogP contribution in [0.15, 0.2) is 180 Å². The molecule has 8 aromatic carbocycles. The molecule has 0 spiro atoms. The number of benzene rings is 8. The van der Waals surface area contributed by atoms with Gasteiger partial charge in [0, 0.05) is 34.1 Å². The van der Waals surface area contributed by atoms with E-state index in [4.69, 9.17) is 13.9 Å². The van der Waals surface area contributed by atoms with E-state index in [9.17, 15) is 0 Å². The van der Waals surface area contributed by atoms with Crippen molar-refractivity contribution in [3.63, 3.8) is 0 Å². The van der Waals surface area contributed by atoms with E-state index in [0.29, 0.717) is 0 Å². The number of hydrogen-bond acceptors (Lipinski definition) is 4. The second-order valence-corrected chi connectivity index (χ2v) is 14.2. The molecule has 5 heteroatoms. The summed E-state index contributed by atoms with van der Waals surface area (Å²) in [5.41, 5.74) is 13.5. The monoisotopic (exact) mass is 693 g/mol. The number of anilines is 3. The number of aryl methyl sites for hydroxylation is 1. The molecule has 0 saturated heterocycles. The highest BCUT2D eigenvalue weighted by atomic mass is 16.5. The number of nitrogens with zero attached hydrogens (tertiary/aromatic N) is 1. The van der Waals surface area contributed by atoms with Crippen LogP contribution in [0.2, 0.25) is 0 Å². The summed E-state index contributed by atoms with van der Waals surface area (Å²) in [6.45, 7) is 2.05. The van der Waals surface area contributed by atoms with Crippen molar-refractivity contribution in [3.8, 4) is 45.3 Å². The Labute approximate surface area is 313 Å². The van der Waals surface area contributed by atoms with E-state index >= 15 is 0 Å². The van der Waals surface area contributed by atoms with Crippen LogP contribution in [0.25, 0.3) is 44.2 Å². The van der Waals surface area contributed by atoms with E-state index < -0.39 is 0 Å². The Bertz CT molecular complexity index is 2800. The Kier molecular flexibility index (Phi) is 6.83. The first-order valence-electron chi connectivity index (χ1n) is 18.4. The van der Waals surface area contributed by atoms with Gasteiger partial charge in [0.05, 0.1) is 11.4 Å². The Morgan fingerprint density at radius 1 is 0.444 bits per heavy atom. The van der Waals surface area contributed by atoms with Crippen LogP contribution in [0, 0.1) is 6.92 Å². The highest BCUT2D eigenvalue weighted by Gasteiger charge is 2.41. The largest absolute Gasteiger partial charge is 0.458 e. The third-order valence-corrected chi connectivity index (χ3v) is 10.8. The number of para-hydroxylation sites is 2. The predicted octanol–water partition coefficient (Wildman–Crippen LogP) is 11.4. The number of hydrogen-bond donors (Lipinski definition) is 0. The van der Waals surface area contributed by atoms with Gasteiger partial charge in [0.2, 0.25) is 0 Å². The second-order valence-electron chi connectivity index (χ2n) is 14.2. The van der Waals surface area contributed by atoms with Gasteiger partial charge in [-0.3, -0.25) is 0 Å². The lowest BCUT2D eigenvalue weighted by Crippen LogP contribution is -2.57. The van der Waals surface area contributed by atoms with Crippen LogP contribution in [-0.4, -0.2) is 6.71 Å². The molecule has 0 N–H and O–H groups in total. The minimum absolute atomic E-state index is 0.0718. The predicted molar refractivity (Wildman–Crippen MR) is 222 cm³/mol. The van der Waals surface area contributed by atoms with Crippen LogP contribution in [0.3, 0.4) is 0 Å². The van der Waals surface area contributed by atoms with Crippen LogP contribution >= 0.6 is 0 Å². The van der Waals surface area contributed by atoms with Crippen molar-refractivity contribution in [2.45, 2.75) is 6.92 Å². The molecular weight excluding hydrogens is 661 g/mol. The molecule has 2 aliphatic rings. The fourth-order valence-electron chi connectivity index (χ4n) is 8.33. The van der Waals surface area contributed by atoms with Gasteiger partial charge in [-0.2, -0.15) is 0 Å². The zero-order chi connectivity index (χ0) is 35.8. The molecule has 11 rings (SSSR count). The zero-order valence-electron chi connectivity index (χ0n) is 29.5. The van der Waals surface area contributed by atoms with E-state index in [0.717, 1.165) is 106 Å². The van der Waals surface area contributed by atoms with Gasteiger partial charge in [-0.15, -0.1) is 0 Å². The summed E-state index contributed by atoms with van der Waals surface area (Å²) in [6.07, 6.45) is 0. The van der Waals surface area contributed by atoms with Gasteiger partial charge in [0.1, 0.15) is 28.6 Å². The summed E-state index contributed by atoms with van der Waals surface area (Å²) in [6, 6.07) is 61.7. The quantitative estimate of drug-likeness (QED) is 0.168. The molecule has 0 bridgehead atoms. The van der Waals surface area contributed by atoms with Crippen LogP contribution in [0.5, 0.6) is 23.0 Å². The molecule has 0 saturated carbocycles. The molecule has 1 aromatic heterocycles. The first-order valence-corrected chi connectivity index (χ1v) is 18.4. The average molecular weight is 694 g/mol. The van der Waals surface area contributed by atoms with Crippen LogP contribution in [-0.2, 0) is 0 Å². The summed E-state index contributed by atoms with van der Waals surface area (Å²) in [4.78, 5) is 2.27. The van der Waals surface area contributed by atoms with Crippen LogP contribution in [0.4, 0.5) is 17.1 Å². The molecule has 0 atom stereocenters. The third kappa shape index (κ3) is 4.86. The van der Waals surface area contributed by atoms with E-state index in [1.165, 1.54) is 0 Å². The van der Waals surface area contributed by atoms with E-state index in [-0.39, 0.29) is 6.71 Å². The molecule has 2 aliphatic heterocycles. The minimum Gasteiger partial charge on any atom is -0.458 e. The SMILES string of the molecule is Cc1cccc(N(c2cc3c4c(c2)Oc2cc(-c5ccccc5)ccc2B4c2ccc(-c4ccccc4)cc2O3)c2cccc3c2oc2ccccc23)c1. The van der Waals surface area contributed by atoms with Gasteiger partial charge < -0.3 is 18.8 Å². The Hall–Kier alpha value is -6.98. The van der Waals surface area contributed by atoms with Crippen molar-refractivity contribution in [1.29, 1.82) is 0 Å². The van der Waals surface area contributed by atoms with Crippen LogP contribution in [0.1, 0.15) is 5.56 Å². The number of ether oxygens (including phenoxy) is 2. The highest BCUT2D eigenvalue weighted by molar-refractivity contribution is 6.98. The van der Waals surface area contributed by atoms with Crippen molar-refractivity contribution in [2.75, 3.05) is 4.90 Å². The number of fused-ring (bicyclic) bond motifs is 7. The summed E-state index contributed by atoms with van der Waals surface area (Å²) in [5.74, 6) is 3.24. The molecule has 0 amide bonds. The highest BCUT2D eigenvalue weighted by Crippen LogP contribution is 2.46. The smallest absolute Gasteiger partial charge is 0.260 e. The Morgan fingerprint density at radius 3 is 1.69 bits per heavy atom. The maximum atomic E-state index is 6.99.